The largest absolute Gasteiger partial charge is 0.481 e. The minimum atomic E-state index is -4.41. The Bertz CT molecular complexity index is 834. The number of aliphatic carboxylic acids is 1. The molecule has 2 fully saturated rings. The van der Waals surface area contributed by atoms with Crippen LogP contribution in [0.25, 0.3) is 11.0 Å². The summed E-state index contributed by atoms with van der Waals surface area (Å²) in [5.41, 5.74) is -0.458. The van der Waals surface area contributed by atoms with E-state index < -0.39 is 23.1 Å². The number of aromatic nitrogens is 1. The van der Waals surface area contributed by atoms with Gasteiger partial charge in [0.05, 0.1) is 16.7 Å². The fraction of sp³-hybridized carbons (Fsp3) is 0.556. The smallest absolute Gasteiger partial charge is 0.416 e. The second-order valence-electron chi connectivity index (χ2n) is 7.41. The normalized spacial score (nSPS) is 21.2. The van der Waals surface area contributed by atoms with Crippen molar-refractivity contribution in [3.05, 3.63) is 29.5 Å². The van der Waals surface area contributed by atoms with Crippen LogP contribution in [-0.2, 0) is 11.0 Å². The van der Waals surface area contributed by atoms with E-state index >= 15 is 0 Å². The molecule has 1 saturated heterocycles. The highest BCUT2D eigenvalue weighted by Crippen LogP contribution is 2.47. The summed E-state index contributed by atoms with van der Waals surface area (Å²) in [6, 6.07) is 3.48. The first-order chi connectivity index (χ1) is 12.3. The van der Waals surface area contributed by atoms with E-state index in [0.717, 1.165) is 50.9 Å². The highest BCUT2D eigenvalue weighted by atomic mass is 19.4. The van der Waals surface area contributed by atoms with Crippen LogP contribution >= 0.6 is 0 Å². The topological polar surface area (TPSA) is 66.6 Å². The quantitative estimate of drug-likeness (QED) is 0.887. The number of piperidine rings is 1. The number of likely N-dealkylation sites (tertiary alicyclic amines) is 1. The Morgan fingerprint density at radius 3 is 2.58 bits per heavy atom. The van der Waals surface area contributed by atoms with E-state index in [-0.39, 0.29) is 11.5 Å². The van der Waals surface area contributed by atoms with Crippen LogP contribution in [-0.4, -0.2) is 40.8 Å². The fourth-order valence-corrected chi connectivity index (χ4v) is 3.81. The molecule has 5 nitrogen and oxygen atoms in total. The van der Waals surface area contributed by atoms with Crippen molar-refractivity contribution >= 4 is 16.9 Å². The van der Waals surface area contributed by atoms with E-state index in [1.807, 2.05) is 0 Å². The molecule has 1 aliphatic heterocycles. The summed E-state index contributed by atoms with van der Waals surface area (Å²) in [4.78, 5) is 13.5. The molecule has 2 heterocycles. The van der Waals surface area contributed by atoms with Crippen LogP contribution in [0, 0.1) is 5.41 Å². The van der Waals surface area contributed by atoms with Crippen molar-refractivity contribution in [2.24, 2.45) is 5.41 Å². The van der Waals surface area contributed by atoms with Crippen molar-refractivity contribution in [1.82, 2.24) is 10.1 Å². The average Bonchev–Trinajstić information content (AvgIpc) is 3.26. The first-order valence-corrected chi connectivity index (χ1v) is 8.71. The first kappa shape index (κ1) is 17.3. The summed E-state index contributed by atoms with van der Waals surface area (Å²) < 4.78 is 43.6. The average molecular weight is 368 g/mol. The van der Waals surface area contributed by atoms with Crippen LogP contribution in [0.15, 0.2) is 22.7 Å². The number of fused-ring (bicyclic) bond motifs is 1. The van der Waals surface area contributed by atoms with Crippen LogP contribution in [0.1, 0.15) is 42.9 Å². The van der Waals surface area contributed by atoms with Crippen molar-refractivity contribution in [3.8, 4) is 0 Å². The number of alkyl halides is 3. The predicted octanol–water partition coefficient (Wildman–Crippen LogP) is 3.89. The van der Waals surface area contributed by atoms with Gasteiger partial charge in [0.25, 0.3) is 0 Å². The zero-order valence-electron chi connectivity index (χ0n) is 14.1. The summed E-state index contributed by atoms with van der Waals surface area (Å²) in [6.07, 6.45) is -1.36. The van der Waals surface area contributed by atoms with Gasteiger partial charge in [-0.1, -0.05) is 5.16 Å². The van der Waals surface area contributed by atoms with Gasteiger partial charge in [-0.15, -0.1) is 0 Å². The maximum Gasteiger partial charge on any atom is 0.416 e. The van der Waals surface area contributed by atoms with E-state index in [0.29, 0.717) is 17.6 Å². The standard InChI is InChI=1S/C18H19F3N2O3/c19-18(20,21)12-1-2-13-14(9-12)26-22-15(13)11-3-7-23(8-4-11)10-17(5-6-17)16(24)25/h1-2,9,11H,3-8,10H2,(H,24,25). The number of carboxylic acids is 1. The number of halogens is 3. The molecule has 2 aliphatic rings. The third-order valence-electron chi connectivity index (χ3n) is 5.64. The highest BCUT2D eigenvalue weighted by Gasteiger charge is 2.51. The zero-order valence-corrected chi connectivity index (χ0v) is 14.1. The van der Waals surface area contributed by atoms with Crippen molar-refractivity contribution in [3.63, 3.8) is 0 Å². The Hall–Kier alpha value is -2.09. The summed E-state index contributed by atoms with van der Waals surface area (Å²) in [7, 11) is 0. The molecule has 1 saturated carbocycles. The maximum atomic E-state index is 12.8. The second-order valence-corrected chi connectivity index (χ2v) is 7.41. The Kier molecular flexibility index (Phi) is 3.98. The van der Waals surface area contributed by atoms with Gasteiger partial charge in [0, 0.05) is 17.8 Å². The van der Waals surface area contributed by atoms with Gasteiger partial charge >= 0.3 is 12.1 Å². The van der Waals surface area contributed by atoms with Gasteiger partial charge < -0.3 is 14.5 Å². The third-order valence-corrected chi connectivity index (χ3v) is 5.64. The Labute approximate surface area is 147 Å². The van der Waals surface area contributed by atoms with Crippen molar-refractivity contribution in [1.29, 1.82) is 0 Å². The number of rotatable bonds is 4. The number of hydrogen-bond donors (Lipinski definition) is 1. The predicted molar refractivity (Wildman–Crippen MR) is 86.7 cm³/mol. The lowest BCUT2D eigenvalue weighted by molar-refractivity contribution is -0.144. The van der Waals surface area contributed by atoms with Gasteiger partial charge in [-0.05, 0) is 57.0 Å². The van der Waals surface area contributed by atoms with E-state index in [1.165, 1.54) is 6.07 Å². The lowest BCUT2D eigenvalue weighted by Gasteiger charge is -2.32. The molecule has 0 unspecified atom stereocenters. The van der Waals surface area contributed by atoms with E-state index in [2.05, 4.69) is 10.1 Å². The first-order valence-electron chi connectivity index (χ1n) is 8.71. The van der Waals surface area contributed by atoms with Crippen molar-refractivity contribution in [2.75, 3.05) is 19.6 Å². The summed E-state index contributed by atoms with van der Waals surface area (Å²) in [6.45, 7) is 2.09. The van der Waals surface area contributed by atoms with Gasteiger partial charge in [-0.3, -0.25) is 4.79 Å². The van der Waals surface area contributed by atoms with E-state index in [1.54, 1.807) is 0 Å². The molecule has 2 aromatic rings. The molecule has 0 bridgehead atoms. The van der Waals surface area contributed by atoms with Crippen LogP contribution in [0.5, 0.6) is 0 Å². The minimum absolute atomic E-state index is 0.115. The number of carboxylic acid groups (broad SMARTS) is 1. The van der Waals surface area contributed by atoms with Gasteiger partial charge in [-0.2, -0.15) is 13.2 Å². The van der Waals surface area contributed by atoms with Gasteiger partial charge in [0.2, 0.25) is 0 Å². The maximum absolute atomic E-state index is 12.8. The van der Waals surface area contributed by atoms with Gasteiger partial charge in [0.1, 0.15) is 0 Å². The molecule has 26 heavy (non-hydrogen) atoms. The van der Waals surface area contributed by atoms with E-state index in [4.69, 9.17) is 4.52 Å². The van der Waals surface area contributed by atoms with Crippen LogP contribution in [0.4, 0.5) is 13.2 Å². The second kappa shape index (κ2) is 5.97. The zero-order chi connectivity index (χ0) is 18.5. The van der Waals surface area contributed by atoms with Crippen molar-refractivity contribution < 1.29 is 27.6 Å². The SMILES string of the molecule is O=C(O)C1(CN2CCC(c3noc4cc(C(F)(F)F)ccc34)CC2)CC1. The molecule has 1 N–H and O–H groups in total. The molecule has 1 aromatic carbocycles. The summed E-state index contributed by atoms with van der Waals surface area (Å²) >= 11 is 0. The van der Waals surface area contributed by atoms with Crippen LogP contribution in [0.2, 0.25) is 0 Å². The summed E-state index contributed by atoms with van der Waals surface area (Å²) in [5, 5.41) is 14.0. The van der Waals surface area contributed by atoms with E-state index in [9.17, 15) is 23.1 Å². The molecular formula is C18H19F3N2O3. The molecular weight excluding hydrogens is 349 g/mol. The van der Waals surface area contributed by atoms with Gasteiger partial charge in [-0.25, -0.2) is 0 Å². The Morgan fingerprint density at radius 2 is 2.00 bits per heavy atom. The lowest BCUT2D eigenvalue weighted by Crippen LogP contribution is -2.39. The van der Waals surface area contributed by atoms with Crippen molar-refractivity contribution in [2.45, 2.75) is 37.8 Å². The molecule has 4 rings (SSSR count). The third kappa shape index (κ3) is 3.06. The molecule has 0 atom stereocenters. The molecule has 1 aliphatic carbocycles. The number of nitrogens with zero attached hydrogens (tertiary/aromatic N) is 2. The molecule has 0 amide bonds. The minimum Gasteiger partial charge on any atom is -0.481 e. The number of benzene rings is 1. The molecule has 8 heteroatoms. The van der Waals surface area contributed by atoms with Gasteiger partial charge in [0.15, 0.2) is 5.58 Å². The molecule has 1 aromatic heterocycles. The fourth-order valence-electron chi connectivity index (χ4n) is 3.81. The lowest BCUT2D eigenvalue weighted by atomic mass is 9.90. The summed E-state index contributed by atoms with van der Waals surface area (Å²) in [5.74, 6) is -0.605. The number of carbonyl (C=O) groups is 1. The Morgan fingerprint density at radius 1 is 1.31 bits per heavy atom. The van der Waals surface area contributed by atoms with Crippen LogP contribution in [0.3, 0.4) is 0 Å². The monoisotopic (exact) mass is 368 g/mol. The molecule has 0 radical (unpaired) electrons. The molecule has 0 spiro atoms. The van der Waals surface area contributed by atoms with Crippen LogP contribution < -0.4 is 0 Å². The number of hydrogen-bond acceptors (Lipinski definition) is 4. The molecule has 140 valence electrons. The highest BCUT2D eigenvalue weighted by molar-refractivity contribution is 5.81. The Balaban J connectivity index is 1.45.